The van der Waals surface area contributed by atoms with Crippen molar-refractivity contribution in [2.45, 2.75) is 26.2 Å². The summed E-state index contributed by atoms with van der Waals surface area (Å²) in [5, 5.41) is 0. The molecule has 0 spiro atoms. The summed E-state index contributed by atoms with van der Waals surface area (Å²) in [5.74, 6) is 1.19. The number of primary amides is 1. The average molecular weight is 434 g/mol. The number of carbonyl (C=O) groups is 2. The fourth-order valence-electron chi connectivity index (χ4n) is 3.15. The van der Waals surface area contributed by atoms with E-state index in [1.165, 1.54) is 12.1 Å². The van der Waals surface area contributed by atoms with E-state index in [-0.39, 0.29) is 5.56 Å². The van der Waals surface area contributed by atoms with Gasteiger partial charge in [0.25, 0.3) is 5.91 Å². The molecule has 1 amide bonds. The Kier molecular flexibility index (Phi) is 8.26. The standard InChI is InChI=1S/C26H27NO5/c1-2-8-19-17-23(32-21-10-4-3-5-11-21)13-14-24(19)31-16-7-15-30-22-12-6-9-20(18-22)25(28)26(27)29/h3-6,9-14,17-18H,2,7-8,15-16H2,1H3,(H2,27,29). The Bertz CT molecular complexity index is 1050. The number of nitrogens with two attached hydrogens (primary N) is 1. The van der Waals surface area contributed by atoms with Gasteiger partial charge in [-0.05, 0) is 54.4 Å². The van der Waals surface area contributed by atoms with Crippen molar-refractivity contribution in [3.05, 3.63) is 83.9 Å². The molecule has 6 nitrogen and oxygen atoms in total. The monoisotopic (exact) mass is 433 g/mol. The SMILES string of the molecule is CCCc1cc(Oc2ccccc2)ccc1OCCCOc1cccc(C(=O)C(N)=O)c1. The summed E-state index contributed by atoms with van der Waals surface area (Å²) >= 11 is 0. The maximum absolute atomic E-state index is 11.7. The van der Waals surface area contributed by atoms with Crippen molar-refractivity contribution in [3.63, 3.8) is 0 Å². The topological polar surface area (TPSA) is 87.8 Å². The van der Waals surface area contributed by atoms with Crippen LogP contribution in [-0.4, -0.2) is 24.9 Å². The molecule has 0 aliphatic carbocycles. The molecule has 2 N–H and O–H groups in total. The number of carbonyl (C=O) groups excluding carboxylic acids is 2. The third-order valence-corrected chi connectivity index (χ3v) is 4.67. The minimum atomic E-state index is -0.987. The Morgan fingerprint density at radius 2 is 1.56 bits per heavy atom. The molecule has 3 aromatic carbocycles. The molecule has 0 aromatic heterocycles. The zero-order valence-electron chi connectivity index (χ0n) is 18.1. The molecule has 0 atom stereocenters. The van der Waals surface area contributed by atoms with Gasteiger partial charge in [0.1, 0.15) is 23.0 Å². The van der Waals surface area contributed by atoms with E-state index in [9.17, 15) is 9.59 Å². The largest absolute Gasteiger partial charge is 0.493 e. The van der Waals surface area contributed by atoms with Gasteiger partial charge in [-0.15, -0.1) is 0 Å². The summed E-state index contributed by atoms with van der Waals surface area (Å²) in [7, 11) is 0. The number of hydrogen-bond donors (Lipinski definition) is 1. The van der Waals surface area contributed by atoms with Crippen molar-refractivity contribution in [1.29, 1.82) is 0 Å². The highest BCUT2D eigenvalue weighted by atomic mass is 16.5. The summed E-state index contributed by atoms with van der Waals surface area (Å²) < 4.78 is 17.6. The molecule has 3 aromatic rings. The predicted molar refractivity (Wildman–Crippen MR) is 123 cm³/mol. The number of Topliss-reactive ketones (excluding diaryl/α,β-unsaturated/α-hetero) is 1. The minimum Gasteiger partial charge on any atom is -0.493 e. The van der Waals surface area contributed by atoms with Crippen LogP contribution in [-0.2, 0) is 11.2 Å². The predicted octanol–water partition coefficient (Wildman–Crippen LogP) is 4.95. The number of rotatable bonds is 12. The Balaban J connectivity index is 1.51. The minimum absolute atomic E-state index is 0.216. The average Bonchev–Trinajstić information content (AvgIpc) is 2.80. The van der Waals surface area contributed by atoms with Crippen LogP contribution in [0, 0.1) is 0 Å². The van der Waals surface area contributed by atoms with Crippen LogP contribution in [0.3, 0.4) is 0 Å². The van der Waals surface area contributed by atoms with Crippen molar-refractivity contribution in [3.8, 4) is 23.0 Å². The lowest BCUT2D eigenvalue weighted by Crippen LogP contribution is -2.23. The molecule has 0 saturated heterocycles. The number of ketones is 1. The van der Waals surface area contributed by atoms with Gasteiger partial charge < -0.3 is 19.9 Å². The summed E-state index contributed by atoms with van der Waals surface area (Å²) in [5.41, 5.74) is 6.35. The van der Waals surface area contributed by atoms with Gasteiger partial charge >= 0.3 is 0 Å². The molecule has 0 unspecified atom stereocenters. The fraction of sp³-hybridized carbons (Fsp3) is 0.231. The number of amides is 1. The molecule has 0 saturated carbocycles. The number of hydrogen-bond acceptors (Lipinski definition) is 5. The molecule has 0 fully saturated rings. The van der Waals surface area contributed by atoms with Crippen molar-refractivity contribution in [2.24, 2.45) is 5.73 Å². The third kappa shape index (κ3) is 6.60. The first-order valence-electron chi connectivity index (χ1n) is 10.6. The van der Waals surface area contributed by atoms with Gasteiger partial charge in [-0.3, -0.25) is 9.59 Å². The Labute approximate surface area is 187 Å². The van der Waals surface area contributed by atoms with Gasteiger partial charge in [-0.25, -0.2) is 0 Å². The van der Waals surface area contributed by atoms with E-state index in [1.807, 2.05) is 48.5 Å². The smallest absolute Gasteiger partial charge is 0.289 e. The summed E-state index contributed by atoms with van der Waals surface area (Å²) in [6, 6.07) is 21.9. The Hall–Kier alpha value is -3.80. The van der Waals surface area contributed by atoms with Crippen LogP contribution in [0.25, 0.3) is 0 Å². The van der Waals surface area contributed by atoms with Gasteiger partial charge in [0.05, 0.1) is 13.2 Å². The molecule has 0 radical (unpaired) electrons. The van der Waals surface area contributed by atoms with Crippen molar-refractivity contribution < 1.29 is 23.8 Å². The van der Waals surface area contributed by atoms with Crippen LogP contribution in [0.2, 0.25) is 0 Å². The zero-order valence-corrected chi connectivity index (χ0v) is 18.1. The first-order valence-corrected chi connectivity index (χ1v) is 10.6. The first kappa shape index (κ1) is 22.9. The van der Waals surface area contributed by atoms with Crippen molar-refractivity contribution in [1.82, 2.24) is 0 Å². The van der Waals surface area contributed by atoms with Gasteiger partial charge in [-0.1, -0.05) is 43.7 Å². The van der Waals surface area contributed by atoms with E-state index in [0.29, 0.717) is 25.4 Å². The van der Waals surface area contributed by atoms with Crippen molar-refractivity contribution in [2.75, 3.05) is 13.2 Å². The van der Waals surface area contributed by atoms with E-state index in [0.717, 1.165) is 35.7 Å². The number of ether oxygens (including phenoxy) is 3. The summed E-state index contributed by atoms with van der Waals surface area (Å²) in [4.78, 5) is 22.7. The molecule has 3 rings (SSSR count). The molecule has 0 aliphatic heterocycles. The molecule has 166 valence electrons. The van der Waals surface area contributed by atoms with Gasteiger partial charge in [0, 0.05) is 12.0 Å². The Morgan fingerprint density at radius 3 is 2.31 bits per heavy atom. The fourth-order valence-corrected chi connectivity index (χ4v) is 3.15. The van der Waals surface area contributed by atoms with E-state index >= 15 is 0 Å². The summed E-state index contributed by atoms with van der Waals surface area (Å²) in [6.07, 6.45) is 2.54. The van der Waals surface area contributed by atoms with E-state index < -0.39 is 11.7 Å². The lowest BCUT2D eigenvalue weighted by molar-refractivity contribution is -0.114. The van der Waals surface area contributed by atoms with Crippen LogP contribution in [0.5, 0.6) is 23.0 Å². The van der Waals surface area contributed by atoms with Crippen LogP contribution in [0.4, 0.5) is 0 Å². The van der Waals surface area contributed by atoms with Crippen LogP contribution in [0.15, 0.2) is 72.8 Å². The maximum atomic E-state index is 11.7. The quantitative estimate of drug-likeness (QED) is 0.248. The molecular formula is C26H27NO5. The van der Waals surface area contributed by atoms with Gasteiger partial charge in [0.15, 0.2) is 0 Å². The Morgan fingerprint density at radius 1 is 0.812 bits per heavy atom. The number of aryl methyl sites for hydroxylation is 1. The van der Waals surface area contributed by atoms with Gasteiger partial charge in [-0.2, -0.15) is 0 Å². The van der Waals surface area contributed by atoms with E-state index in [4.69, 9.17) is 19.9 Å². The highest BCUT2D eigenvalue weighted by Crippen LogP contribution is 2.29. The second kappa shape index (κ2) is 11.6. The van der Waals surface area contributed by atoms with Crippen LogP contribution in [0.1, 0.15) is 35.7 Å². The molecule has 0 heterocycles. The molecular weight excluding hydrogens is 406 g/mol. The van der Waals surface area contributed by atoms with Crippen LogP contribution >= 0.6 is 0 Å². The van der Waals surface area contributed by atoms with Gasteiger partial charge in [0.2, 0.25) is 5.78 Å². The first-order chi connectivity index (χ1) is 15.6. The zero-order chi connectivity index (χ0) is 22.8. The normalized spacial score (nSPS) is 10.4. The second-order valence-electron chi connectivity index (χ2n) is 7.21. The number of benzene rings is 3. The lowest BCUT2D eigenvalue weighted by atomic mass is 10.1. The van der Waals surface area contributed by atoms with E-state index in [1.54, 1.807) is 12.1 Å². The summed E-state index contributed by atoms with van der Waals surface area (Å²) in [6.45, 7) is 3.02. The lowest BCUT2D eigenvalue weighted by Gasteiger charge is -2.14. The van der Waals surface area contributed by atoms with Crippen LogP contribution < -0.4 is 19.9 Å². The molecule has 0 aliphatic rings. The third-order valence-electron chi connectivity index (χ3n) is 4.67. The highest BCUT2D eigenvalue weighted by Gasteiger charge is 2.12. The highest BCUT2D eigenvalue weighted by molar-refractivity contribution is 6.42. The second-order valence-corrected chi connectivity index (χ2v) is 7.21. The van der Waals surface area contributed by atoms with E-state index in [2.05, 4.69) is 6.92 Å². The molecule has 0 bridgehead atoms. The molecule has 32 heavy (non-hydrogen) atoms. The number of para-hydroxylation sites is 1. The maximum Gasteiger partial charge on any atom is 0.289 e. The van der Waals surface area contributed by atoms with Crippen molar-refractivity contribution >= 4 is 11.7 Å². The molecule has 6 heteroatoms.